The van der Waals surface area contributed by atoms with Gasteiger partial charge in [-0.1, -0.05) is 134 Å². The summed E-state index contributed by atoms with van der Waals surface area (Å²) >= 11 is 0. The van der Waals surface area contributed by atoms with E-state index in [1.807, 2.05) is 12.2 Å². The van der Waals surface area contributed by atoms with E-state index in [1.54, 1.807) is 0 Å². The highest BCUT2D eigenvalue weighted by atomic mass is 14.3. The normalized spacial score (nSPS) is 20.2. The van der Waals surface area contributed by atoms with E-state index >= 15 is 0 Å². The van der Waals surface area contributed by atoms with Crippen molar-refractivity contribution >= 4 is 0 Å². The predicted molar refractivity (Wildman–Crippen MR) is 195 cm³/mol. The Morgan fingerprint density at radius 3 is 2.28 bits per heavy atom. The molecule has 0 aromatic rings. The Morgan fingerprint density at radius 2 is 1.63 bits per heavy atom. The molecule has 2 aliphatic carbocycles. The van der Waals surface area contributed by atoms with Crippen LogP contribution in [0.3, 0.4) is 0 Å². The first-order valence-corrected chi connectivity index (χ1v) is 17.6. The molecule has 6 atom stereocenters. The fraction of sp³-hybridized carbons (Fsp3) is 0.581. The molecule has 0 aromatic heterocycles. The van der Waals surface area contributed by atoms with E-state index < -0.39 is 0 Å². The predicted octanol–water partition coefficient (Wildman–Crippen LogP) is 13.6. The largest absolute Gasteiger partial charge is 0.0988 e. The van der Waals surface area contributed by atoms with Crippen LogP contribution in [0.5, 0.6) is 0 Å². The van der Waals surface area contributed by atoms with Crippen molar-refractivity contribution in [2.45, 2.75) is 126 Å². The van der Waals surface area contributed by atoms with Crippen molar-refractivity contribution in [1.29, 1.82) is 0 Å². The molecule has 0 saturated carbocycles. The molecular formula is C43H66. The van der Waals surface area contributed by atoms with Crippen LogP contribution >= 0.6 is 0 Å². The molecule has 0 fully saturated rings. The van der Waals surface area contributed by atoms with Crippen LogP contribution in [-0.2, 0) is 0 Å². The Balaban J connectivity index is 1.93. The zero-order valence-corrected chi connectivity index (χ0v) is 29.5. The van der Waals surface area contributed by atoms with Gasteiger partial charge in [0.05, 0.1) is 0 Å². The van der Waals surface area contributed by atoms with E-state index in [1.165, 1.54) is 84.0 Å². The third-order valence-corrected chi connectivity index (χ3v) is 10.8. The van der Waals surface area contributed by atoms with E-state index in [4.69, 9.17) is 0 Å². The maximum Gasteiger partial charge on any atom is -0.00830 e. The molecule has 0 amide bonds. The topological polar surface area (TPSA) is 0 Å². The first-order chi connectivity index (χ1) is 20.6. The molecule has 0 aliphatic heterocycles. The zero-order valence-electron chi connectivity index (χ0n) is 29.5. The van der Waals surface area contributed by atoms with E-state index in [2.05, 4.69) is 112 Å². The second-order valence-electron chi connectivity index (χ2n) is 14.1. The summed E-state index contributed by atoms with van der Waals surface area (Å²) < 4.78 is 0. The highest BCUT2D eigenvalue weighted by Gasteiger charge is 2.27. The van der Waals surface area contributed by atoms with Crippen molar-refractivity contribution in [2.24, 2.45) is 35.5 Å². The molecule has 2 aliphatic rings. The maximum atomic E-state index is 4.09. The fourth-order valence-electron chi connectivity index (χ4n) is 7.62. The van der Waals surface area contributed by atoms with Gasteiger partial charge >= 0.3 is 0 Å². The summed E-state index contributed by atoms with van der Waals surface area (Å²) in [6.45, 7) is 31.4. The monoisotopic (exact) mass is 583 g/mol. The van der Waals surface area contributed by atoms with Crippen LogP contribution in [-0.4, -0.2) is 0 Å². The van der Waals surface area contributed by atoms with Gasteiger partial charge in [-0.2, -0.15) is 0 Å². The third-order valence-electron chi connectivity index (χ3n) is 10.8. The van der Waals surface area contributed by atoms with Crippen molar-refractivity contribution in [1.82, 2.24) is 0 Å². The highest BCUT2D eigenvalue weighted by Crippen LogP contribution is 2.38. The van der Waals surface area contributed by atoms with Gasteiger partial charge in [-0.25, -0.2) is 0 Å². The van der Waals surface area contributed by atoms with Crippen LogP contribution in [0.25, 0.3) is 0 Å². The lowest BCUT2D eigenvalue weighted by molar-refractivity contribution is 0.166. The average molecular weight is 583 g/mol. The summed E-state index contributed by atoms with van der Waals surface area (Å²) in [6, 6.07) is 0. The quantitative estimate of drug-likeness (QED) is 0.133. The minimum Gasteiger partial charge on any atom is -0.0988 e. The van der Waals surface area contributed by atoms with Gasteiger partial charge < -0.3 is 0 Å². The molecule has 0 radical (unpaired) electrons. The van der Waals surface area contributed by atoms with Crippen LogP contribution in [0.4, 0.5) is 0 Å². The highest BCUT2D eigenvalue weighted by molar-refractivity contribution is 5.62. The van der Waals surface area contributed by atoms with Crippen LogP contribution in [0, 0.1) is 35.5 Å². The van der Waals surface area contributed by atoms with Crippen molar-refractivity contribution in [3.05, 3.63) is 107 Å². The first-order valence-electron chi connectivity index (χ1n) is 17.6. The summed E-state index contributed by atoms with van der Waals surface area (Å²) in [6.07, 6.45) is 31.6. The Bertz CT molecular complexity index is 1110. The first kappa shape index (κ1) is 36.8. The molecule has 0 heteroatoms. The van der Waals surface area contributed by atoms with Gasteiger partial charge in [0, 0.05) is 0 Å². The van der Waals surface area contributed by atoms with Gasteiger partial charge in [-0.15, -0.1) is 0 Å². The molecule has 0 N–H and O–H groups in total. The van der Waals surface area contributed by atoms with Crippen LogP contribution in [0.15, 0.2) is 107 Å². The number of hydrogen-bond acceptors (Lipinski definition) is 0. The molecule has 6 unspecified atom stereocenters. The molecule has 0 aromatic carbocycles. The average Bonchev–Trinajstić information content (AvgIpc) is 3.18. The molecule has 0 nitrogen and oxygen atoms in total. The van der Waals surface area contributed by atoms with Crippen molar-refractivity contribution < 1.29 is 0 Å². The van der Waals surface area contributed by atoms with Crippen molar-refractivity contribution in [3.8, 4) is 0 Å². The third kappa shape index (κ3) is 11.6. The van der Waals surface area contributed by atoms with E-state index in [-0.39, 0.29) is 0 Å². The van der Waals surface area contributed by atoms with E-state index in [0.29, 0.717) is 0 Å². The molecule has 0 saturated heterocycles. The van der Waals surface area contributed by atoms with Crippen molar-refractivity contribution in [3.63, 3.8) is 0 Å². The Hall–Kier alpha value is -2.34. The Labute approximate surface area is 268 Å². The fourth-order valence-corrected chi connectivity index (χ4v) is 7.62. The van der Waals surface area contributed by atoms with Gasteiger partial charge in [0.25, 0.3) is 0 Å². The van der Waals surface area contributed by atoms with Gasteiger partial charge in [0.2, 0.25) is 0 Å². The molecule has 0 bridgehead atoms. The Kier molecular flexibility index (Phi) is 16.4. The second kappa shape index (κ2) is 19.1. The maximum absolute atomic E-state index is 4.09. The minimum atomic E-state index is 0.747. The van der Waals surface area contributed by atoms with Crippen molar-refractivity contribution in [2.75, 3.05) is 0 Å². The van der Waals surface area contributed by atoms with Gasteiger partial charge in [0.15, 0.2) is 0 Å². The number of allylic oxidation sites excluding steroid dienone is 15. The smallest absolute Gasteiger partial charge is 0.00830 e. The van der Waals surface area contributed by atoms with E-state index in [9.17, 15) is 0 Å². The Morgan fingerprint density at radius 1 is 0.907 bits per heavy atom. The SMILES string of the molecule is C=CC(=C)CCCC(C)CC(C)CC(C)C(C)C(C)C(CC)CCC1=CCC(C(=CC)C2=CCCC=C2C=C)=C(C)C=C1. The standard InChI is InChI=1S/C43H66/c1-12-31(5)19-18-20-32(6)29-33(7)30-35(9)36(10)37(11)39(13-2)27-25-38-24-23-34(8)42(28-26-38)41(15-4)43-22-17-16-21-40(43)14-3/h12,14-15,21-24,26,32-33,35-37,39H,1,3,5,13,16-20,25,27-30H2,2,4,6-11H3. The van der Waals surface area contributed by atoms with E-state index in [0.717, 1.165) is 61.2 Å². The van der Waals surface area contributed by atoms with Gasteiger partial charge in [-0.05, 0) is 135 Å². The molecule has 238 valence electrons. The minimum absolute atomic E-state index is 0.747. The number of hydrogen-bond donors (Lipinski definition) is 0. The molecule has 0 spiro atoms. The zero-order chi connectivity index (χ0) is 31.9. The number of rotatable bonds is 19. The van der Waals surface area contributed by atoms with Crippen LogP contribution in [0.1, 0.15) is 126 Å². The lowest BCUT2D eigenvalue weighted by Gasteiger charge is -2.34. The van der Waals surface area contributed by atoms with Gasteiger partial charge in [-0.3, -0.25) is 0 Å². The molecular weight excluding hydrogens is 516 g/mol. The summed E-state index contributed by atoms with van der Waals surface area (Å²) in [5.41, 5.74) is 9.58. The second-order valence-corrected chi connectivity index (χ2v) is 14.1. The lowest BCUT2D eigenvalue weighted by Crippen LogP contribution is -2.25. The van der Waals surface area contributed by atoms with Crippen LogP contribution in [0.2, 0.25) is 0 Å². The summed E-state index contributed by atoms with van der Waals surface area (Å²) in [4.78, 5) is 0. The van der Waals surface area contributed by atoms with Gasteiger partial charge in [0.1, 0.15) is 0 Å². The summed E-state index contributed by atoms with van der Waals surface area (Å²) in [5, 5.41) is 0. The summed E-state index contributed by atoms with van der Waals surface area (Å²) in [7, 11) is 0. The molecule has 2 rings (SSSR count). The molecule has 43 heavy (non-hydrogen) atoms. The molecule has 0 heterocycles. The van der Waals surface area contributed by atoms with Crippen LogP contribution < -0.4 is 0 Å². The lowest BCUT2D eigenvalue weighted by atomic mass is 9.72. The summed E-state index contributed by atoms with van der Waals surface area (Å²) in [5.74, 6) is 4.62.